The maximum absolute atomic E-state index is 13.0. The number of benzene rings is 1. The van der Waals surface area contributed by atoms with Gasteiger partial charge in [-0.25, -0.2) is 0 Å². The second-order valence-electron chi connectivity index (χ2n) is 7.47. The summed E-state index contributed by atoms with van der Waals surface area (Å²) in [6.07, 6.45) is 0.252. The molecule has 0 saturated heterocycles. The van der Waals surface area contributed by atoms with E-state index in [4.69, 9.17) is 0 Å². The lowest BCUT2D eigenvalue weighted by Gasteiger charge is -2.09. The number of fused-ring (bicyclic) bond motifs is 1. The van der Waals surface area contributed by atoms with E-state index in [1.807, 2.05) is 31.4 Å². The van der Waals surface area contributed by atoms with Crippen LogP contribution in [0.5, 0.6) is 0 Å². The maximum atomic E-state index is 13.0. The Kier molecular flexibility index (Phi) is 4.54. The van der Waals surface area contributed by atoms with E-state index in [-0.39, 0.29) is 11.6 Å². The number of rotatable bonds is 4. The summed E-state index contributed by atoms with van der Waals surface area (Å²) in [7, 11) is 1.84. The molecule has 31 heavy (non-hydrogen) atoms. The van der Waals surface area contributed by atoms with Crippen LogP contribution in [0.1, 0.15) is 39.7 Å². The van der Waals surface area contributed by atoms with Crippen molar-refractivity contribution in [1.82, 2.24) is 19.1 Å². The van der Waals surface area contributed by atoms with Gasteiger partial charge in [0.05, 0.1) is 11.2 Å². The van der Waals surface area contributed by atoms with E-state index < -0.39 is 17.8 Å². The number of carbonyl (C=O) groups excluding carboxylic acids is 1. The van der Waals surface area contributed by atoms with Gasteiger partial charge < -0.3 is 5.32 Å². The number of hydrogen-bond acceptors (Lipinski definition) is 5. The third-order valence-electron chi connectivity index (χ3n) is 5.15. The van der Waals surface area contributed by atoms with Crippen LogP contribution in [0.15, 0.2) is 42.7 Å². The lowest BCUT2D eigenvalue weighted by atomic mass is 10.00. The summed E-state index contributed by atoms with van der Waals surface area (Å²) in [5.74, 6) is -0.257. The van der Waals surface area contributed by atoms with Crippen LogP contribution in [0.25, 0.3) is 22.2 Å². The number of alkyl halides is 3. The van der Waals surface area contributed by atoms with E-state index in [2.05, 4.69) is 19.8 Å². The Hall–Kier alpha value is -3.27. The smallest absolute Gasteiger partial charge is 0.321 e. The van der Waals surface area contributed by atoms with E-state index in [0.29, 0.717) is 4.88 Å². The zero-order chi connectivity index (χ0) is 21.8. The van der Waals surface area contributed by atoms with Crippen molar-refractivity contribution in [2.24, 2.45) is 7.05 Å². The highest BCUT2D eigenvalue weighted by molar-refractivity contribution is 7.08. The molecule has 4 aromatic rings. The Morgan fingerprint density at radius 3 is 2.81 bits per heavy atom. The van der Waals surface area contributed by atoms with E-state index in [1.54, 1.807) is 4.68 Å². The van der Waals surface area contributed by atoms with Crippen LogP contribution < -0.4 is 5.32 Å². The second kappa shape index (κ2) is 7.16. The fourth-order valence-corrected chi connectivity index (χ4v) is 4.50. The van der Waals surface area contributed by atoms with Gasteiger partial charge in [-0.05, 0) is 48.5 Å². The van der Waals surface area contributed by atoms with Crippen molar-refractivity contribution in [2.75, 3.05) is 5.32 Å². The highest BCUT2D eigenvalue weighted by Crippen LogP contribution is 2.48. The SMILES string of the molecule is Cn1cc2c(-c3nsc(C(=O)Nc4ccnc(C(F)(F)F)c4)c3C3CC3)cccc2n1. The molecule has 1 fully saturated rings. The van der Waals surface area contributed by atoms with Gasteiger partial charge in [-0.2, -0.15) is 22.6 Å². The lowest BCUT2D eigenvalue weighted by molar-refractivity contribution is -0.141. The summed E-state index contributed by atoms with van der Waals surface area (Å²) in [6, 6.07) is 7.92. The van der Waals surface area contributed by atoms with Crippen molar-refractivity contribution in [3.8, 4) is 11.3 Å². The standard InChI is InChI=1S/C21H16F3N5OS/c1-29-10-14-13(3-2-4-15(14)27-29)18-17(11-5-6-11)19(31-28-18)20(30)26-12-7-8-25-16(9-12)21(22,23)24/h2-4,7-11H,5-6H2,1H3,(H,25,26,30). The summed E-state index contributed by atoms with van der Waals surface area (Å²) in [4.78, 5) is 16.7. The van der Waals surface area contributed by atoms with Crippen LogP contribution in [0.2, 0.25) is 0 Å². The molecule has 0 unspecified atom stereocenters. The Morgan fingerprint density at radius 1 is 1.26 bits per heavy atom. The van der Waals surface area contributed by atoms with Crippen molar-refractivity contribution < 1.29 is 18.0 Å². The van der Waals surface area contributed by atoms with E-state index in [9.17, 15) is 18.0 Å². The molecule has 1 aliphatic rings. The van der Waals surface area contributed by atoms with Crippen LogP contribution in [-0.4, -0.2) is 25.0 Å². The quantitative estimate of drug-likeness (QED) is 0.468. The second-order valence-corrected chi connectivity index (χ2v) is 8.24. The van der Waals surface area contributed by atoms with Crippen molar-refractivity contribution in [3.05, 3.63) is 58.9 Å². The molecule has 5 rings (SSSR count). The summed E-state index contributed by atoms with van der Waals surface area (Å²) >= 11 is 1.06. The number of nitrogens with one attached hydrogen (secondary N) is 1. The van der Waals surface area contributed by atoms with Crippen molar-refractivity contribution in [3.63, 3.8) is 0 Å². The molecular formula is C21H16F3N5OS. The number of nitrogens with zero attached hydrogens (tertiary/aromatic N) is 4. The molecule has 1 aromatic carbocycles. The first-order chi connectivity index (χ1) is 14.8. The minimum absolute atomic E-state index is 0.0402. The van der Waals surface area contributed by atoms with Crippen LogP contribution in [0.4, 0.5) is 18.9 Å². The van der Waals surface area contributed by atoms with Gasteiger partial charge in [-0.1, -0.05) is 12.1 Å². The lowest BCUT2D eigenvalue weighted by Crippen LogP contribution is -2.14. The number of halogens is 3. The molecule has 1 amide bonds. The molecular weight excluding hydrogens is 427 g/mol. The van der Waals surface area contributed by atoms with Crippen LogP contribution in [0.3, 0.4) is 0 Å². The van der Waals surface area contributed by atoms with Gasteiger partial charge in [0.25, 0.3) is 5.91 Å². The normalized spacial score (nSPS) is 14.2. The number of carbonyl (C=O) groups is 1. The van der Waals surface area contributed by atoms with Crippen LogP contribution in [-0.2, 0) is 13.2 Å². The minimum Gasteiger partial charge on any atom is -0.321 e. The monoisotopic (exact) mass is 443 g/mol. The van der Waals surface area contributed by atoms with Crippen molar-refractivity contribution >= 4 is 34.0 Å². The first kappa shape index (κ1) is 19.7. The summed E-state index contributed by atoms with van der Waals surface area (Å²) in [5, 5.41) is 7.94. The molecule has 3 heterocycles. The number of pyridine rings is 1. The van der Waals surface area contributed by atoms with E-state index in [0.717, 1.165) is 64.4 Å². The molecule has 3 aromatic heterocycles. The van der Waals surface area contributed by atoms with Gasteiger partial charge >= 0.3 is 6.18 Å². The maximum Gasteiger partial charge on any atom is 0.433 e. The molecule has 10 heteroatoms. The van der Waals surface area contributed by atoms with Crippen molar-refractivity contribution in [2.45, 2.75) is 24.9 Å². The van der Waals surface area contributed by atoms with Crippen LogP contribution >= 0.6 is 11.5 Å². The van der Waals surface area contributed by atoms with Gasteiger partial charge in [0.1, 0.15) is 10.6 Å². The van der Waals surface area contributed by atoms with Crippen molar-refractivity contribution in [1.29, 1.82) is 0 Å². The third-order valence-corrected chi connectivity index (χ3v) is 6.01. The minimum atomic E-state index is -4.58. The summed E-state index contributed by atoms with van der Waals surface area (Å²) < 4.78 is 45.1. The highest BCUT2D eigenvalue weighted by atomic mass is 32.1. The Labute approximate surface area is 178 Å². The molecule has 0 atom stereocenters. The average Bonchev–Trinajstić information content (AvgIpc) is 3.34. The predicted octanol–water partition coefficient (Wildman–Crippen LogP) is 5.24. The number of hydrogen-bond donors (Lipinski definition) is 1. The molecule has 158 valence electrons. The van der Waals surface area contributed by atoms with Gasteiger partial charge in [0.2, 0.25) is 0 Å². The molecule has 0 bridgehead atoms. The molecule has 0 spiro atoms. The Morgan fingerprint density at radius 2 is 2.06 bits per heavy atom. The van der Waals surface area contributed by atoms with Gasteiger partial charge in [-0.15, -0.1) is 0 Å². The zero-order valence-electron chi connectivity index (χ0n) is 16.3. The van der Waals surface area contributed by atoms with E-state index >= 15 is 0 Å². The number of aromatic nitrogens is 4. The molecule has 1 aliphatic carbocycles. The predicted molar refractivity (Wildman–Crippen MR) is 111 cm³/mol. The molecule has 0 aliphatic heterocycles. The molecule has 0 radical (unpaired) electrons. The van der Waals surface area contributed by atoms with E-state index in [1.165, 1.54) is 6.07 Å². The fourth-order valence-electron chi connectivity index (χ4n) is 3.63. The largest absolute Gasteiger partial charge is 0.433 e. The van der Waals surface area contributed by atoms with Crippen LogP contribution in [0, 0.1) is 0 Å². The Balaban J connectivity index is 1.53. The molecule has 1 saturated carbocycles. The molecule has 1 N–H and O–H groups in total. The molecule has 6 nitrogen and oxygen atoms in total. The number of amides is 1. The number of aryl methyl sites for hydroxylation is 1. The summed E-state index contributed by atoms with van der Waals surface area (Å²) in [6.45, 7) is 0. The topological polar surface area (TPSA) is 72.7 Å². The van der Waals surface area contributed by atoms with Gasteiger partial charge in [-0.3, -0.25) is 14.5 Å². The van der Waals surface area contributed by atoms with Gasteiger partial charge in [0, 0.05) is 41.6 Å². The summed E-state index contributed by atoms with van der Waals surface area (Å²) in [5.41, 5.74) is 2.30. The first-order valence-electron chi connectivity index (χ1n) is 9.58. The fraction of sp³-hybridized carbons (Fsp3) is 0.238. The first-order valence-corrected chi connectivity index (χ1v) is 10.4. The average molecular weight is 443 g/mol. The zero-order valence-corrected chi connectivity index (χ0v) is 17.1. The highest BCUT2D eigenvalue weighted by Gasteiger charge is 2.35. The number of anilines is 1. The Bertz CT molecular complexity index is 1310. The van der Waals surface area contributed by atoms with Gasteiger partial charge in [0.15, 0.2) is 0 Å². The third kappa shape index (κ3) is 3.67.